The number of thioether (sulfide) groups is 1. The quantitative estimate of drug-likeness (QED) is 0.495. The Morgan fingerprint density at radius 3 is 2.84 bits per heavy atom. The van der Waals surface area contributed by atoms with E-state index in [-0.39, 0.29) is 16.5 Å². The molecule has 1 heterocycles. The van der Waals surface area contributed by atoms with Gasteiger partial charge in [-0.05, 0) is 12.1 Å². The number of anilines is 1. The van der Waals surface area contributed by atoms with Crippen LogP contribution >= 0.6 is 23.4 Å². The summed E-state index contributed by atoms with van der Waals surface area (Å²) in [5.74, 6) is -2.24. The first-order valence-corrected chi connectivity index (χ1v) is 6.27. The Hall–Kier alpha value is -1.80. The number of carboxylic acid groups (broad SMARTS) is 1. The van der Waals surface area contributed by atoms with Crippen LogP contribution in [0.1, 0.15) is 0 Å². The molecule has 0 amide bonds. The molecule has 19 heavy (non-hydrogen) atoms. The Balaban J connectivity index is 2.48. The summed E-state index contributed by atoms with van der Waals surface area (Å²) in [6, 6.07) is 2.45. The monoisotopic (exact) mass is 304 g/mol. The number of nitrogens with one attached hydrogen (secondary N) is 1. The lowest BCUT2D eigenvalue weighted by atomic mass is 10.2. The molecule has 0 spiro atoms. The summed E-state index contributed by atoms with van der Waals surface area (Å²) >= 11 is 6.80. The molecule has 6 nitrogen and oxygen atoms in total. The van der Waals surface area contributed by atoms with Crippen LogP contribution in [0.3, 0.4) is 0 Å². The van der Waals surface area contributed by atoms with Crippen LogP contribution in [0.15, 0.2) is 28.4 Å². The van der Waals surface area contributed by atoms with E-state index in [1.165, 1.54) is 6.07 Å². The zero-order valence-corrected chi connectivity index (χ0v) is 10.7. The molecular weight excluding hydrogens is 299 g/mol. The molecular formula is C10H6ClFN2O4S. The van der Waals surface area contributed by atoms with E-state index in [0.29, 0.717) is 10.6 Å². The van der Waals surface area contributed by atoms with E-state index in [1.54, 1.807) is 0 Å². The third-order valence-corrected chi connectivity index (χ3v) is 3.99. The number of fused-ring (bicyclic) bond motifs is 1. The first-order chi connectivity index (χ1) is 8.91. The molecule has 2 rings (SSSR count). The summed E-state index contributed by atoms with van der Waals surface area (Å²) in [6.07, 6.45) is 0. The van der Waals surface area contributed by atoms with Crippen LogP contribution in [0.2, 0.25) is 5.02 Å². The molecule has 0 aliphatic carbocycles. The second kappa shape index (κ2) is 5.06. The van der Waals surface area contributed by atoms with Crippen LogP contribution in [0, 0.1) is 15.9 Å². The average molecular weight is 305 g/mol. The van der Waals surface area contributed by atoms with Crippen molar-refractivity contribution in [1.29, 1.82) is 0 Å². The fourth-order valence-corrected chi connectivity index (χ4v) is 2.88. The number of nitro groups is 1. The van der Waals surface area contributed by atoms with E-state index in [4.69, 9.17) is 16.7 Å². The minimum Gasteiger partial charge on any atom is -0.473 e. The fourth-order valence-electron chi connectivity index (χ4n) is 1.56. The number of hydrogen-bond donors (Lipinski definition) is 2. The van der Waals surface area contributed by atoms with Crippen LogP contribution in [0.4, 0.5) is 10.1 Å². The van der Waals surface area contributed by atoms with Gasteiger partial charge in [-0.2, -0.15) is 0 Å². The topological polar surface area (TPSA) is 92.5 Å². The van der Waals surface area contributed by atoms with Gasteiger partial charge in [-0.1, -0.05) is 11.6 Å². The third kappa shape index (κ3) is 2.49. The summed E-state index contributed by atoms with van der Waals surface area (Å²) in [4.78, 5) is 21.0. The zero-order valence-electron chi connectivity index (χ0n) is 9.15. The van der Waals surface area contributed by atoms with Crippen LogP contribution in [-0.4, -0.2) is 21.8 Å². The van der Waals surface area contributed by atoms with Gasteiger partial charge < -0.3 is 10.4 Å². The Labute approximate surface area is 115 Å². The summed E-state index contributed by atoms with van der Waals surface area (Å²) in [7, 11) is 0. The van der Waals surface area contributed by atoms with Crippen molar-refractivity contribution in [2.45, 2.75) is 4.90 Å². The van der Waals surface area contributed by atoms with Crippen molar-refractivity contribution < 1.29 is 19.2 Å². The van der Waals surface area contributed by atoms with Crippen molar-refractivity contribution in [3.8, 4) is 0 Å². The highest BCUT2D eigenvalue weighted by Crippen LogP contribution is 2.41. The lowest BCUT2D eigenvalue weighted by molar-refractivity contribution is -0.422. The molecule has 100 valence electrons. The molecule has 0 aromatic heterocycles. The molecule has 0 saturated carbocycles. The average Bonchev–Trinajstić information content (AvgIpc) is 2.33. The van der Waals surface area contributed by atoms with Gasteiger partial charge in [0.2, 0.25) is 0 Å². The summed E-state index contributed by atoms with van der Waals surface area (Å²) in [5.41, 5.74) is -0.644. The van der Waals surface area contributed by atoms with E-state index in [1.807, 2.05) is 0 Å². The fraction of sp³-hybridized carbons (Fsp3) is 0.100. The number of rotatable bonds is 2. The van der Waals surface area contributed by atoms with Crippen molar-refractivity contribution in [2.75, 3.05) is 11.1 Å². The number of benzene rings is 1. The van der Waals surface area contributed by atoms with Crippen LogP contribution < -0.4 is 5.32 Å². The van der Waals surface area contributed by atoms with E-state index < -0.39 is 22.4 Å². The Morgan fingerprint density at radius 2 is 2.26 bits per heavy atom. The Bertz CT molecular complexity index is 604. The van der Waals surface area contributed by atoms with E-state index in [9.17, 15) is 19.3 Å². The van der Waals surface area contributed by atoms with Crippen LogP contribution in [-0.2, 0) is 4.79 Å². The highest BCUT2D eigenvalue weighted by atomic mass is 35.5. The molecule has 1 aromatic carbocycles. The summed E-state index contributed by atoms with van der Waals surface area (Å²) < 4.78 is 13.2. The SMILES string of the molecule is O=C(O)/C(=C1/CSc2c(ccc(F)c2Cl)N1)[N+](=O)[O-]. The standard InChI is InChI=1S/C10H6ClFN2O4S/c11-7-4(12)1-2-5-9(7)19-3-6(13-5)8(10(15)16)14(17)18/h1-2,13H,3H2,(H,15,16)/b8-6+. The summed E-state index contributed by atoms with van der Waals surface area (Å²) in [5, 5.41) is 22.0. The maximum atomic E-state index is 13.2. The van der Waals surface area contributed by atoms with Crippen molar-refractivity contribution in [2.24, 2.45) is 0 Å². The highest BCUT2D eigenvalue weighted by molar-refractivity contribution is 7.99. The molecule has 0 unspecified atom stereocenters. The van der Waals surface area contributed by atoms with Crippen LogP contribution in [0.5, 0.6) is 0 Å². The Morgan fingerprint density at radius 1 is 1.58 bits per heavy atom. The van der Waals surface area contributed by atoms with Gasteiger partial charge in [0.1, 0.15) is 11.5 Å². The normalized spacial score (nSPS) is 16.3. The molecule has 9 heteroatoms. The molecule has 0 bridgehead atoms. The van der Waals surface area contributed by atoms with Gasteiger partial charge in [0.15, 0.2) is 0 Å². The Kier molecular flexibility index (Phi) is 3.63. The summed E-state index contributed by atoms with van der Waals surface area (Å²) in [6.45, 7) is 0. The molecule has 0 atom stereocenters. The minimum atomic E-state index is -1.63. The maximum absolute atomic E-state index is 13.2. The molecule has 1 aromatic rings. The second-order valence-corrected chi connectivity index (χ2v) is 4.90. The molecule has 1 aliphatic heterocycles. The van der Waals surface area contributed by atoms with Crippen molar-refractivity contribution in [1.82, 2.24) is 0 Å². The van der Waals surface area contributed by atoms with Gasteiger partial charge in [-0.15, -0.1) is 11.8 Å². The first-order valence-electron chi connectivity index (χ1n) is 4.90. The van der Waals surface area contributed by atoms with Gasteiger partial charge in [0, 0.05) is 5.75 Å². The first kappa shape index (κ1) is 13.6. The van der Waals surface area contributed by atoms with Gasteiger partial charge >= 0.3 is 11.7 Å². The number of carboxylic acids is 1. The van der Waals surface area contributed by atoms with Crippen molar-refractivity contribution in [3.63, 3.8) is 0 Å². The van der Waals surface area contributed by atoms with Crippen molar-refractivity contribution >= 4 is 35.0 Å². The molecule has 1 aliphatic rings. The maximum Gasteiger partial charge on any atom is 0.409 e. The number of hydrogen-bond acceptors (Lipinski definition) is 5. The number of nitrogens with zero attached hydrogens (tertiary/aromatic N) is 1. The van der Waals surface area contributed by atoms with Gasteiger partial charge in [-0.25, -0.2) is 9.18 Å². The molecule has 0 radical (unpaired) electrons. The second-order valence-electron chi connectivity index (χ2n) is 3.54. The number of halogens is 2. The zero-order chi connectivity index (χ0) is 14.2. The highest BCUT2D eigenvalue weighted by Gasteiger charge is 2.30. The number of aliphatic carboxylic acids is 1. The predicted molar refractivity (Wildman–Crippen MR) is 67.4 cm³/mol. The molecule has 0 saturated heterocycles. The lowest BCUT2D eigenvalue weighted by Gasteiger charge is -2.20. The minimum absolute atomic E-state index is 0.00120. The van der Waals surface area contributed by atoms with Crippen LogP contribution in [0.25, 0.3) is 0 Å². The van der Waals surface area contributed by atoms with Gasteiger partial charge in [0.25, 0.3) is 0 Å². The number of carbonyl (C=O) groups is 1. The predicted octanol–water partition coefficient (Wildman–Crippen LogP) is 2.57. The van der Waals surface area contributed by atoms with Gasteiger partial charge in [-0.3, -0.25) is 10.1 Å². The molecule has 0 fully saturated rings. The smallest absolute Gasteiger partial charge is 0.409 e. The van der Waals surface area contributed by atoms with E-state index in [2.05, 4.69) is 5.32 Å². The van der Waals surface area contributed by atoms with Crippen molar-refractivity contribution in [3.05, 3.63) is 44.5 Å². The molecule has 2 N–H and O–H groups in total. The third-order valence-electron chi connectivity index (χ3n) is 2.37. The van der Waals surface area contributed by atoms with E-state index >= 15 is 0 Å². The largest absolute Gasteiger partial charge is 0.473 e. The van der Waals surface area contributed by atoms with Gasteiger partial charge in [0.05, 0.1) is 20.5 Å². The van der Waals surface area contributed by atoms with E-state index in [0.717, 1.165) is 17.8 Å². The lowest BCUT2D eigenvalue weighted by Crippen LogP contribution is -2.21.